The summed E-state index contributed by atoms with van der Waals surface area (Å²) in [5, 5.41) is 16.4. The number of phenolic OH excluding ortho intramolecular Hbond substituents is 1. The van der Waals surface area contributed by atoms with E-state index in [1.54, 1.807) is 60.7 Å². The first kappa shape index (κ1) is 22.4. The molecule has 1 aliphatic heterocycles. The molecule has 3 aromatic rings. The van der Waals surface area contributed by atoms with Crippen LogP contribution in [0.2, 0.25) is 0 Å². The predicted molar refractivity (Wildman–Crippen MR) is 125 cm³/mol. The van der Waals surface area contributed by atoms with Gasteiger partial charge in [0.1, 0.15) is 5.70 Å². The van der Waals surface area contributed by atoms with Gasteiger partial charge in [-0.2, -0.15) is 5.10 Å². The second kappa shape index (κ2) is 10.2. The van der Waals surface area contributed by atoms with Gasteiger partial charge in [-0.05, 0) is 59.7 Å². The fraction of sp³-hybridized carbons (Fsp3) is 0.0800. The molecular weight excluding hydrogens is 438 g/mol. The minimum Gasteiger partial charge on any atom is -0.504 e. The molecule has 34 heavy (non-hydrogen) atoms. The molecule has 0 fully saturated rings. The van der Waals surface area contributed by atoms with E-state index >= 15 is 0 Å². The number of hydrazone groups is 1. The zero-order valence-electron chi connectivity index (χ0n) is 18.1. The summed E-state index contributed by atoms with van der Waals surface area (Å²) in [6.45, 7) is 0.121. The molecule has 0 unspecified atom stereocenters. The van der Waals surface area contributed by atoms with Crippen LogP contribution in [0.1, 0.15) is 21.5 Å². The highest BCUT2D eigenvalue weighted by Crippen LogP contribution is 2.33. The number of ether oxygens (including phenoxy) is 3. The highest BCUT2D eigenvalue weighted by molar-refractivity contribution is 6.05. The third kappa shape index (κ3) is 5.33. The summed E-state index contributed by atoms with van der Waals surface area (Å²) in [5.41, 5.74) is 3.91. The van der Waals surface area contributed by atoms with Gasteiger partial charge in [-0.1, -0.05) is 24.3 Å². The summed E-state index contributed by atoms with van der Waals surface area (Å²) < 4.78 is 15.7. The van der Waals surface area contributed by atoms with Crippen molar-refractivity contribution in [3.63, 3.8) is 0 Å². The van der Waals surface area contributed by atoms with E-state index in [4.69, 9.17) is 14.2 Å². The summed E-state index contributed by atoms with van der Waals surface area (Å²) in [6, 6.07) is 18.4. The Kier molecular flexibility index (Phi) is 6.73. The SMILES string of the molecule is COc1ccc(C=NNC(=O)C(=Cc2ccc3c(c2)OCO3)NC(=O)c2ccccc2)cc1O. The topological polar surface area (TPSA) is 118 Å². The lowest BCUT2D eigenvalue weighted by molar-refractivity contribution is -0.117. The Morgan fingerprint density at radius 3 is 2.53 bits per heavy atom. The van der Waals surface area contributed by atoms with Gasteiger partial charge in [0.25, 0.3) is 11.8 Å². The Morgan fingerprint density at radius 1 is 1.00 bits per heavy atom. The number of rotatable bonds is 7. The summed E-state index contributed by atoms with van der Waals surface area (Å²) in [4.78, 5) is 25.5. The van der Waals surface area contributed by atoms with E-state index in [2.05, 4.69) is 15.8 Å². The van der Waals surface area contributed by atoms with E-state index < -0.39 is 11.8 Å². The van der Waals surface area contributed by atoms with Crippen LogP contribution in [0.5, 0.6) is 23.0 Å². The van der Waals surface area contributed by atoms with Crippen molar-refractivity contribution in [3.8, 4) is 23.0 Å². The number of amides is 2. The molecule has 0 aliphatic carbocycles. The molecular formula is C25H21N3O6. The standard InChI is InChI=1S/C25H21N3O6/c1-32-21-9-8-17(12-20(21)29)14-26-28-25(31)19(27-24(30)18-5-3-2-4-6-18)11-16-7-10-22-23(13-16)34-15-33-22/h2-14,29H,15H2,1H3,(H,27,30)(H,28,31). The average molecular weight is 459 g/mol. The third-order valence-electron chi connectivity index (χ3n) is 4.82. The van der Waals surface area contributed by atoms with Crippen molar-refractivity contribution in [1.29, 1.82) is 0 Å². The number of methoxy groups -OCH3 is 1. The first-order valence-corrected chi connectivity index (χ1v) is 10.2. The molecule has 3 aromatic carbocycles. The first-order valence-electron chi connectivity index (χ1n) is 10.2. The van der Waals surface area contributed by atoms with Crippen molar-refractivity contribution in [1.82, 2.24) is 10.7 Å². The molecule has 0 spiro atoms. The Hall–Kier alpha value is -4.79. The summed E-state index contributed by atoms with van der Waals surface area (Å²) in [6.07, 6.45) is 2.86. The van der Waals surface area contributed by atoms with Gasteiger partial charge in [0.05, 0.1) is 13.3 Å². The van der Waals surface area contributed by atoms with Gasteiger partial charge in [0.2, 0.25) is 6.79 Å². The van der Waals surface area contributed by atoms with Gasteiger partial charge in [0.15, 0.2) is 23.0 Å². The van der Waals surface area contributed by atoms with E-state index in [-0.39, 0.29) is 18.2 Å². The molecule has 172 valence electrons. The minimum atomic E-state index is -0.643. The molecule has 0 aromatic heterocycles. The second-order valence-corrected chi connectivity index (χ2v) is 7.12. The molecule has 9 heteroatoms. The Labute approximate surface area is 195 Å². The molecule has 1 aliphatic rings. The molecule has 1 heterocycles. The molecule has 4 rings (SSSR count). The van der Waals surface area contributed by atoms with Crippen LogP contribution in [0.15, 0.2) is 77.5 Å². The van der Waals surface area contributed by atoms with Crippen molar-refractivity contribution in [2.24, 2.45) is 5.10 Å². The highest BCUT2D eigenvalue weighted by Gasteiger charge is 2.17. The van der Waals surface area contributed by atoms with E-state index in [0.717, 1.165) is 0 Å². The van der Waals surface area contributed by atoms with E-state index in [0.29, 0.717) is 33.9 Å². The number of hydrogen-bond donors (Lipinski definition) is 3. The first-order chi connectivity index (χ1) is 16.5. The van der Waals surface area contributed by atoms with Crippen LogP contribution in [-0.2, 0) is 4.79 Å². The van der Waals surface area contributed by atoms with Crippen LogP contribution in [0.3, 0.4) is 0 Å². The van der Waals surface area contributed by atoms with Crippen LogP contribution in [0, 0.1) is 0 Å². The van der Waals surface area contributed by atoms with Crippen molar-refractivity contribution in [3.05, 3.63) is 89.1 Å². The highest BCUT2D eigenvalue weighted by atomic mass is 16.7. The zero-order chi connectivity index (χ0) is 23.9. The molecule has 2 amide bonds. The number of fused-ring (bicyclic) bond motifs is 1. The number of nitrogens with one attached hydrogen (secondary N) is 2. The second-order valence-electron chi connectivity index (χ2n) is 7.12. The monoisotopic (exact) mass is 459 g/mol. The van der Waals surface area contributed by atoms with Crippen molar-refractivity contribution >= 4 is 24.1 Å². The van der Waals surface area contributed by atoms with Crippen molar-refractivity contribution < 1.29 is 28.9 Å². The Balaban J connectivity index is 1.54. The fourth-order valence-electron chi connectivity index (χ4n) is 3.12. The van der Waals surface area contributed by atoms with Gasteiger partial charge >= 0.3 is 0 Å². The summed E-state index contributed by atoms with van der Waals surface area (Å²) >= 11 is 0. The minimum absolute atomic E-state index is 0.0255. The maximum atomic E-state index is 12.9. The molecule has 0 radical (unpaired) electrons. The Morgan fingerprint density at radius 2 is 1.76 bits per heavy atom. The smallest absolute Gasteiger partial charge is 0.287 e. The van der Waals surface area contributed by atoms with Crippen LogP contribution < -0.4 is 25.0 Å². The van der Waals surface area contributed by atoms with Gasteiger partial charge in [-0.15, -0.1) is 0 Å². The van der Waals surface area contributed by atoms with Gasteiger partial charge < -0.3 is 24.6 Å². The summed E-state index contributed by atoms with van der Waals surface area (Å²) in [7, 11) is 1.45. The lowest BCUT2D eigenvalue weighted by atomic mass is 10.1. The molecule has 0 saturated carbocycles. The number of carbonyl (C=O) groups is 2. The van der Waals surface area contributed by atoms with Crippen molar-refractivity contribution in [2.45, 2.75) is 0 Å². The van der Waals surface area contributed by atoms with E-state index in [1.807, 2.05) is 0 Å². The van der Waals surface area contributed by atoms with Crippen molar-refractivity contribution in [2.75, 3.05) is 13.9 Å². The van der Waals surface area contributed by atoms with Crippen LogP contribution >= 0.6 is 0 Å². The van der Waals surface area contributed by atoms with Crippen LogP contribution in [0.25, 0.3) is 6.08 Å². The summed E-state index contributed by atoms with van der Waals surface area (Å²) in [5.74, 6) is 0.307. The number of nitrogens with zero attached hydrogens (tertiary/aromatic N) is 1. The Bertz CT molecular complexity index is 1270. The van der Waals surface area contributed by atoms with Crippen LogP contribution in [0.4, 0.5) is 0 Å². The number of hydrogen-bond acceptors (Lipinski definition) is 7. The molecule has 9 nitrogen and oxygen atoms in total. The number of aromatic hydroxyl groups is 1. The zero-order valence-corrected chi connectivity index (χ0v) is 18.1. The largest absolute Gasteiger partial charge is 0.504 e. The van der Waals surface area contributed by atoms with Gasteiger partial charge in [0, 0.05) is 5.56 Å². The number of carbonyl (C=O) groups excluding carboxylic acids is 2. The van der Waals surface area contributed by atoms with Gasteiger partial charge in [-0.25, -0.2) is 5.43 Å². The maximum absolute atomic E-state index is 12.9. The lowest BCUT2D eigenvalue weighted by Crippen LogP contribution is -2.32. The molecule has 0 saturated heterocycles. The predicted octanol–water partition coefficient (Wildman–Crippen LogP) is 3.05. The van der Waals surface area contributed by atoms with E-state index in [9.17, 15) is 14.7 Å². The number of benzene rings is 3. The number of phenols is 1. The molecule has 0 atom stereocenters. The lowest BCUT2D eigenvalue weighted by Gasteiger charge is -2.09. The fourth-order valence-corrected chi connectivity index (χ4v) is 3.12. The normalized spacial score (nSPS) is 12.4. The van der Waals surface area contributed by atoms with Gasteiger partial charge in [-0.3, -0.25) is 9.59 Å². The molecule has 3 N–H and O–H groups in total. The van der Waals surface area contributed by atoms with Crippen LogP contribution in [-0.4, -0.2) is 37.0 Å². The maximum Gasteiger partial charge on any atom is 0.287 e. The average Bonchev–Trinajstić information content (AvgIpc) is 3.32. The third-order valence-corrected chi connectivity index (χ3v) is 4.82. The quantitative estimate of drug-likeness (QED) is 0.284. The molecule has 0 bridgehead atoms. The van der Waals surface area contributed by atoms with E-state index in [1.165, 1.54) is 25.5 Å².